The van der Waals surface area contributed by atoms with Crippen LogP contribution in [0.3, 0.4) is 0 Å². The molecule has 0 aromatic heterocycles. The van der Waals surface area contributed by atoms with E-state index in [1.54, 1.807) is 6.92 Å². The third kappa shape index (κ3) is 34.0. The number of hydrogen-bond acceptors (Lipinski definition) is 4. The van der Waals surface area contributed by atoms with Crippen molar-refractivity contribution in [2.24, 2.45) is 11.8 Å². The molecule has 2 unspecified atom stereocenters. The van der Waals surface area contributed by atoms with Crippen molar-refractivity contribution in [2.45, 2.75) is 127 Å². The summed E-state index contributed by atoms with van der Waals surface area (Å²) in [5.74, 6) is 0.934. The molecule has 4 nitrogen and oxygen atoms in total. The van der Waals surface area contributed by atoms with Gasteiger partial charge in [0.15, 0.2) is 0 Å². The number of allylic oxidation sites excluding steroid dienone is 6. The number of aliphatic hydroxyl groups excluding tert-OH is 1. The lowest BCUT2D eigenvalue weighted by molar-refractivity contribution is -0.143. The van der Waals surface area contributed by atoms with E-state index in [-0.39, 0.29) is 25.2 Å². The van der Waals surface area contributed by atoms with Crippen molar-refractivity contribution >= 4 is 22.8 Å². The van der Waals surface area contributed by atoms with Gasteiger partial charge in [0.05, 0.1) is 6.61 Å². The molecule has 0 aliphatic carbocycles. The SMILES string of the molecule is C.C=C(C)CCC(CC=C(C)CCO)C(=C)C.C=C(C)CCC(CC=C(C)CCOC(=O)CC)C(=C)C.CCC(=O)Cl. The average molecular weight is 609 g/mol. The summed E-state index contributed by atoms with van der Waals surface area (Å²) in [7, 11) is 0. The lowest BCUT2D eigenvalue weighted by Gasteiger charge is -2.15. The van der Waals surface area contributed by atoms with Gasteiger partial charge in [-0.15, -0.1) is 13.2 Å². The number of ether oxygens (including phenoxy) is 1. The van der Waals surface area contributed by atoms with Gasteiger partial charge in [0.2, 0.25) is 5.24 Å². The molecule has 0 aliphatic rings. The molecular weight excluding hydrogens is 544 g/mol. The molecule has 0 bridgehead atoms. The second-order valence-electron chi connectivity index (χ2n) is 11.2. The van der Waals surface area contributed by atoms with Gasteiger partial charge in [0.25, 0.3) is 0 Å². The van der Waals surface area contributed by atoms with Crippen molar-refractivity contribution in [1.29, 1.82) is 0 Å². The van der Waals surface area contributed by atoms with E-state index >= 15 is 0 Å². The number of hydrogen-bond donors (Lipinski definition) is 1. The van der Waals surface area contributed by atoms with Crippen LogP contribution < -0.4 is 0 Å². The predicted molar refractivity (Wildman–Crippen MR) is 187 cm³/mol. The molecule has 0 rings (SSSR count). The van der Waals surface area contributed by atoms with Crippen molar-refractivity contribution in [1.82, 2.24) is 0 Å². The van der Waals surface area contributed by atoms with E-state index < -0.39 is 0 Å². The molecule has 0 spiro atoms. The second kappa shape index (κ2) is 30.3. The van der Waals surface area contributed by atoms with Crippen LogP contribution in [-0.2, 0) is 14.3 Å². The van der Waals surface area contributed by atoms with Gasteiger partial charge in [0.1, 0.15) is 0 Å². The maximum atomic E-state index is 11.0. The summed E-state index contributed by atoms with van der Waals surface area (Å²) in [5, 5.41) is 8.54. The molecule has 0 saturated heterocycles. The highest BCUT2D eigenvalue weighted by Gasteiger charge is 2.09. The van der Waals surface area contributed by atoms with E-state index in [0.29, 0.717) is 31.3 Å². The van der Waals surface area contributed by atoms with Crippen LogP contribution in [0.15, 0.2) is 71.9 Å². The van der Waals surface area contributed by atoms with Crippen LogP contribution in [0, 0.1) is 11.8 Å². The Bertz CT molecular complexity index is 863. The van der Waals surface area contributed by atoms with E-state index in [9.17, 15) is 9.59 Å². The first-order valence-corrected chi connectivity index (χ1v) is 15.3. The summed E-state index contributed by atoms with van der Waals surface area (Å²) < 4.78 is 5.09. The molecule has 244 valence electrons. The van der Waals surface area contributed by atoms with Gasteiger partial charge in [0, 0.05) is 25.9 Å². The molecule has 0 radical (unpaired) electrons. The van der Waals surface area contributed by atoms with Crippen LogP contribution in [-0.4, -0.2) is 29.5 Å². The first kappa shape index (κ1) is 46.8. The molecule has 0 amide bonds. The topological polar surface area (TPSA) is 63.6 Å². The Labute approximate surface area is 265 Å². The molecule has 0 aromatic rings. The number of carbonyl (C=O) groups is 2. The standard InChI is InChI=1S/C18H30O2.C15H26O.C3H5ClO.CH4/c1-7-18(19)20-13-12-16(6)9-11-17(15(4)5)10-8-14(2)3;1-12(2)6-8-15(13(3)4)9-7-14(5)10-11-16;1-2-3(4)5;/h9,17H,2,4,7-8,10-13H2,1,3,5-6H3;7,15-16H,1,3,6,8-11H2,2,4-5H3;2H2,1H3;1H4. The van der Waals surface area contributed by atoms with Gasteiger partial charge < -0.3 is 9.84 Å². The molecule has 42 heavy (non-hydrogen) atoms. The van der Waals surface area contributed by atoms with Crippen molar-refractivity contribution in [3.63, 3.8) is 0 Å². The van der Waals surface area contributed by atoms with Crippen molar-refractivity contribution in [3.05, 3.63) is 71.9 Å². The van der Waals surface area contributed by atoms with Crippen LogP contribution in [0.25, 0.3) is 0 Å². The fraction of sp³-hybridized carbons (Fsp3) is 0.622. The summed E-state index contributed by atoms with van der Waals surface area (Å²) >= 11 is 4.82. The fourth-order valence-electron chi connectivity index (χ4n) is 3.47. The molecule has 0 saturated carbocycles. The Hall–Kier alpha value is -2.17. The Morgan fingerprint density at radius 1 is 0.738 bits per heavy atom. The smallest absolute Gasteiger partial charge is 0.305 e. The lowest BCUT2D eigenvalue weighted by Crippen LogP contribution is -2.04. The summed E-state index contributed by atoms with van der Waals surface area (Å²) in [6.07, 6.45) is 13.4. The lowest BCUT2D eigenvalue weighted by atomic mass is 9.90. The highest BCUT2D eigenvalue weighted by atomic mass is 35.5. The largest absolute Gasteiger partial charge is 0.465 e. The third-order valence-corrected chi connectivity index (χ3v) is 6.83. The quantitative estimate of drug-likeness (QED) is 0.0899. The number of halogens is 1. The fourth-order valence-corrected chi connectivity index (χ4v) is 3.47. The van der Waals surface area contributed by atoms with Crippen molar-refractivity contribution in [2.75, 3.05) is 13.2 Å². The monoisotopic (exact) mass is 608 g/mol. The zero-order valence-electron chi connectivity index (χ0n) is 27.7. The molecular formula is C37H65ClO4. The Balaban J connectivity index is -0.000000294. The van der Waals surface area contributed by atoms with Crippen LogP contribution in [0.5, 0.6) is 0 Å². The molecule has 5 heteroatoms. The Morgan fingerprint density at radius 3 is 1.40 bits per heavy atom. The maximum absolute atomic E-state index is 11.0. The van der Waals surface area contributed by atoms with E-state index in [0.717, 1.165) is 51.4 Å². The molecule has 0 fully saturated rings. The van der Waals surface area contributed by atoms with Crippen molar-refractivity contribution < 1.29 is 19.4 Å². The summed E-state index contributed by atoms with van der Waals surface area (Å²) in [5.41, 5.74) is 7.48. The summed E-state index contributed by atoms with van der Waals surface area (Å²) in [6, 6.07) is 0. The highest BCUT2D eigenvalue weighted by molar-refractivity contribution is 6.63. The van der Waals surface area contributed by atoms with Crippen LogP contribution in [0.4, 0.5) is 0 Å². The van der Waals surface area contributed by atoms with Crippen molar-refractivity contribution in [3.8, 4) is 0 Å². The molecule has 1 N–H and O–H groups in total. The predicted octanol–water partition coefficient (Wildman–Crippen LogP) is 11.3. The zero-order chi connectivity index (χ0) is 32.4. The first-order chi connectivity index (χ1) is 19.1. The third-order valence-electron chi connectivity index (χ3n) is 6.57. The van der Waals surface area contributed by atoms with E-state index in [1.807, 2.05) is 6.92 Å². The molecule has 0 aromatic carbocycles. The summed E-state index contributed by atoms with van der Waals surface area (Å²) in [4.78, 5) is 20.6. The molecule has 0 aliphatic heterocycles. The Kier molecular flexibility index (Phi) is 33.7. The van der Waals surface area contributed by atoms with E-state index in [2.05, 4.69) is 80.0 Å². The Morgan fingerprint density at radius 2 is 1.12 bits per heavy atom. The van der Waals surface area contributed by atoms with Gasteiger partial charge >= 0.3 is 5.97 Å². The number of carbonyl (C=O) groups excluding carboxylic acids is 2. The first-order valence-electron chi connectivity index (χ1n) is 15.0. The van der Waals surface area contributed by atoms with Gasteiger partial charge in [-0.2, -0.15) is 0 Å². The molecule has 2 atom stereocenters. The second-order valence-corrected chi connectivity index (χ2v) is 11.6. The van der Waals surface area contributed by atoms with Gasteiger partial charge in [-0.05, 0) is 110 Å². The van der Waals surface area contributed by atoms with Crippen LogP contribution in [0.1, 0.15) is 127 Å². The minimum absolute atomic E-state index is 0. The van der Waals surface area contributed by atoms with Crippen LogP contribution >= 0.6 is 11.6 Å². The number of esters is 1. The summed E-state index contributed by atoms with van der Waals surface area (Å²) in [6.45, 7) is 32.8. The minimum Gasteiger partial charge on any atom is -0.465 e. The van der Waals surface area contributed by atoms with Crippen LogP contribution in [0.2, 0.25) is 0 Å². The number of aliphatic hydroxyl groups is 1. The van der Waals surface area contributed by atoms with E-state index in [4.69, 9.17) is 21.4 Å². The van der Waals surface area contributed by atoms with Gasteiger partial charge in [-0.1, -0.05) is 80.0 Å². The van der Waals surface area contributed by atoms with E-state index in [1.165, 1.54) is 33.4 Å². The van der Waals surface area contributed by atoms with Gasteiger partial charge in [-0.3, -0.25) is 9.59 Å². The normalized spacial score (nSPS) is 12.2. The average Bonchev–Trinajstić information content (AvgIpc) is 2.88. The number of rotatable bonds is 19. The zero-order valence-corrected chi connectivity index (χ0v) is 28.4. The van der Waals surface area contributed by atoms with Gasteiger partial charge in [-0.25, -0.2) is 0 Å². The minimum atomic E-state index is -0.273. The maximum Gasteiger partial charge on any atom is 0.305 e. The molecule has 0 heterocycles. The highest BCUT2D eigenvalue weighted by Crippen LogP contribution is 2.24.